The minimum atomic E-state index is 0.281. The maximum Gasteiger partial charge on any atom is 0.105 e. The third kappa shape index (κ3) is 3.91. The molecule has 0 saturated heterocycles. The molecule has 4 heteroatoms. The highest BCUT2D eigenvalue weighted by atomic mass is 16.3. The van der Waals surface area contributed by atoms with Crippen LogP contribution in [-0.4, -0.2) is 31.6 Å². The summed E-state index contributed by atoms with van der Waals surface area (Å²) in [5.41, 5.74) is 2.81. The predicted octanol–water partition coefficient (Wildman–Crippen LogP) is 0.606. The van der Waals surface area contributed by atoms with Crippen molar-refractivity contribution in [3.8, 4) is 0 Å². The van der Waals surface area contributed by atoms with Crippen LogP contribution in [0, 0.1) is 0 Å². The van der Waals surface area contributed by atoms with Crippen LogP contribution in [0.2, 0.25) is 0 Å². The summed E-state index contributed by atoms with van der Waals surface area (Å²) in [6.45, 7) is 1.02. The van der Waals surface area contributed by atoms with Crippen LogP contribution in [0.3, 0.4) is 0 Å². The molecule has 4 nitrogen and oxygen atoms in total. The Morgan fingerprint density at radius 3 is 2.86 bits per heavy atom. The van der Waals surface area contributed by atoms with E-state index in [1.165, 1.54) is 0 Å². The van der Waals surface area contributed by atoms with Crippen LogP contribution in [-0.2, 0) is 6.42 Å². The van der Waals surface area contributed by atoms with Crippen molar-refractivity contribution in [2.75, 3.05) is 20.6 Å². The van der Waals surface area contributed by atoms with Crippen LogP contribution in [0.1, 0.15) is 12.2 Å². The average Bonchev–Trinajstić information content (AvgIpc) is 2.64. The van der Waals surface area contributed by atoms with Crippen molar-refractivity contribution in [2.24, 2.45) is 5.84 Å². The summed E-state index contributed by atoms with van der Waals surface area (Å²) in [6.07, 6.45) is 3.55. The Hall–Kier alpha value is -0.840. The molecule has 1 atom stereocenters. The molecule has 0 spiro atoms. The fourth-order valence-corrected chi connectivity index (χ4v) is 1.33. The van der Waals surface area contributed by atoms with Gasteiger partial charge >= 0.3 is 0 Å². The minimum Gasteiger partial charge on any atom is -0.469 e. The van der Waals surface area contributed by atoms with E-state index in [-0.39, 0.29) is 6.04 Å². The first-order valence-electron chi connectivity index (χ1n) is 4.85. The Bertz CT molecular complexity index is 234. The standard InChI is InChI=1S/C10H19N3O/c1-13(2)6-5-9(12-11)8-10-4-3-7-14-10/h3-4,7,9,12H,5-6,8,11H2,1-2H3. The minimum absolute atomic E-state index is 0.281. The number of nitrogens with two attached hydrogens (primary N) is 1. The Morgan fingerprint density at radius 2 is 2.36 bits per heavy atom. The van der Waals surface area contributed by atoms with Gasteiger partial charge in [-0.3, -0.25) is 11.3 Å². The number of hydrogen-bond donors (Lipinski definition) is 2. The molecule has 1 rings (SSSR count). The normalized spacial score (nSPS) is 13.4. The van der Waals surface area contributed by atoms with Gasteiger partial charge in [-0.2, -0.15) is 0 Å². The van der Waals surface area contributed by atoms with Gasteiger partial charge in [-0.05, 0) is 39.2 Å². The van der Waals surface area contributed by atoms with E-state index >= 15 is 0 Å². The summed E-state index contributed by atoms with van der Waals surface area (Å²) in [7, 11) is 4.11. The molecule has 0 bridgehead atoms. The van der Waals surface area contributed by atoms with Crippen molar-refractivity contribution < 1.29 is 4.42 Å². The van der Waals surface area contributed by atoms with Gasteiger partial charge in [0.1, 0.15) is 5.76 Å². The number of rotatable bonds is 6. The van der Waals surface area contributed by atoms with E-state index in [0.717, 1.165) is 25.1 Å². The molecule has 0 aliphatic carbocycles. The van der Waals surface area contributed by atoms with Gasteiger partial charge in [0, 0.05) is 12.5 Å². The van der Waals surface area contributed by atoms with Gasteiger partial charge in [0.2, 0.25) is 0 Å². The van der Waals surface area contributed by atoms with Crippen LogP contribution in [0.5, 0.6) is 0 Å². The first kappa shape index (κ1) is 11.2. The molecule has 0 saturated carbocycles. The lowest BCUT2D eigenvalue weighted by Crippen LogP contribution is -2.38. The second kappa shape index (κ2) is 5.80. The average molecular weight is 197 g/mol. The van der Waals surface area contributed by atoms with Gasteiger partial charge in [-0.15, -0.1) is 0 Å². The summed E-state index contributed by atoms with van der Waals surface area (Å²) in [5, 5.41) is 0. The van der Waals surface area contributed by atoms with E-state index in [2.05, 4.69) is 24.4 Å². The van der Waals surface area contributed by atoms with Gasteiger partial charge in [0.05, 0.1) is 6.26 Å². The summed E-state index contributed by atoms with van der Waals surface area (Å²) in [5.74, 6) is 6.44. The Morgan fingerprint density at radius 1 is 1.57 bits per heavy atom. The molecule has 0 aromatic carbocycles. The van der Waals surface area contributed by atoms with E-state index in [1.54, 1.807) is 6.26 Å². The molecular formula is C10H19N3O. The second-order valence-corrected chi connectivity index (χ2v) is 3.74. The first-order valence-corrected chi connectivity index (χ1v) is 4.85. The van der Waals surface area contributed by atoms with Crippen molar-refractivity contribution in [2.45, 2.75) is 18.9 Å². The third-order valence-corrected chi connectivity index (χ3v) is 2.19. The number of hydrogen-bond acceptors (Lipinski definition) is 4. The molecule has 0 aliphatic heterocycles. The monoisotopic (exact) mass is 197 g/mol. The summed E-state index contributed by atoms with van der Waals surface area (Å²) >= 11 is 0. The topological polar surface area (TPSA) is 54.4 Å². The van der Waals surface area contributed by atoms with Gasteiger partial charge in [0.15, 0.2) is 0 Å². The molecule has 14 heavy (non-hydrogen) atoms. The molecule has 0 fully saturated rings. The van der Waals surface area contributed by atoms with Crippen LogP contribution >= 0.6 is 0 Å². The molecule has 0 amide bonds. The highest BCUT2D eigenvalue weighted by molar-refractivity contribution is 5.00. The van der Waals surface area contributed by atoms with Crippen LogP contribution < -0.4 is 11.3 Å². The van der Waals surface area contributed by atoms with Gasteiger partial charge in [-0.25, -0.2) is 0 Å². The maximum absolute atomic E-state index is 5.47. The number of nitrogens with zero attached hydrogens (tertiary/aromatic N) is 1. The lowest BCUT2D eigenvalue weighted by atomic mass is 10.1. The highest BCUT2D eigenvalue weighted by Gasteiger charge is 2.09. The predicted molar refractivity (Wildman–Crippen MR) is 56.7 cm³/mol. The second-order valence-electron chi connectivity index (χ2n) is 3.74. The van der Waals surface area contributed by atoms with Crippen molar-refractivity contribution >= 4 is 0 Å². The molecule has 1 heterocycles. The van der Waals surface area contributed by atoms with E-state index < -0.39 is 0 Å². The Labute approximate surface area is 85.0 Å². The lowest BCUT2D eigenvalue weighted by molar-refractivity contribution is 0.348. The number of nitrogens with one attached hydrogen (secondary N) is 1. The largest absolute Gasteiger partial charge is 0.469 e. The smallest absolute Gasteiger partial charge is 0.105 e. The molecule has 1 aromatic heterocycles. The maximum atomic E-state index is 5.47. The number of furan rings is 1. The highest BCUT2D eigenvalue weighted by Crippen LogP contribution is 2.06. The fourth-order valence-electron chi connectivity index (χ4n) is 1.33. The zero-order valence-electron chi connectivity index (χ0n) is 8.86. The van der Waals surface area contributed by atoms with Crippen molar-refractivity contribution in [3.05, 3.63) is 24.2 Å². The molecule has 1 aromatic rings. The van der Waals surface area contributed by atoms with Crippen LogP contribution in [0.15, 0.2) is 22.8 Å². The molecular weight excluding hydrogens is 178 g/mol. The quantitative estimate of drug-likeness (QED) is 0.518. The zero-order chi connectivity index (χ0) is 10.4. The van der Waals surface area contributed by atoms with E-state index in [1.807, 2.05) is 12.1 Å². The SMILES string of the molecule is CN(C)CCC(Cc1ccco1)NN. The van der Waals surface area contributed by atoms with Gasteiger partial charge in [-0.1, -0.05) is 0 Å². The molecule has 0 aliphatic rings. The van der Waals surface area contributed by atoms with Gasteiger partial charge in [0.25, 0.3) is 0 Å². The van der Waals surface area contributed by atoms with Crippen LogP contribution in [0.4, 0.5) is 0 Å². The fraction of sp³-hybridized carbons (Fsp3) is 0.600. The van der Waals surface area contributed by atoms with E-state index in [0.29, 0.717) is 0 Å². The number of hydrazine groups is 1. The third-order valence-electron chi connectivity index (χ3n) is 2.19. The van der Waals surface area contributed by atoms with Crippen molar-refractivity contribution in [1.29, 1.82) is 0 Å². The van der Waals surface area contributed by atoms with E-state index in [9.17, 15) is 0 Å². The zero-order valence-corrected chi connectivity index (χ0v) is 8.86. The van der Waals surface area contributed by atoms with Crippen molar-refractivity contribution in [1.82, 2.24) is 10.3 Å². The van der Waals surface area contributed by atoms with E-state index in [4.69, 9.17) is 10.3 Å². The summed E-state index contributed by atoms with van der Waals surface area (Å²) < 4.78 is 5.26. The Kier molecular flexibility index (Phi) is 4.65. The first-order chi connectivity index (χ1) is 6.72. The summed E-state index contributed by atoms with van der Waals surface area (Å²) in [6, 6.07) is 4.15. The van der Waals surface area contributed by atoms with Crippen molar-refractivity contribution in [3.63, 3.8) is 0 Å². The van der Waals surface area contributed by atoms with Gasteiger partial charge < -0.3 is 9.32 Å². The summed E-state index contributed by atoms with van der Waals surface area (Å²) in [4.78, 5) is 2.15. The molecule has 80 valence electrons. The molecule has 3 N–H and O–H groups in total. The molecule has 0 radical (unpaired) electrons. The Balaban J connectivity index is 2.32. The molecule has 1 unspecified atom stereocenters. The lowest BCUT2D eigenvalue weighted by Gasteiger charge is -2.17. The van der Waals surface area contributed by atoms with Crippen LogP contribution in [0.25, 0.3) is 0 Å².